The Balaban J connectivity index is 2.02. The number of nitrogens with zero attached hydrogens (tertiary/aromatic N) is 3. The van der Waals surface area contributed by atoms with Crippen molar-refractivity contribution in [3.05, 3.63) is 40.0 Å². The van der Waals surface area contributed by atoms with Crippen LogP contribution in [-0.4, -0.2) is 48.4 Å². The molecule has 0 aliphatic carbocycles. The standard InChI is InChI=1S/C16H18Cl2N4O/c1-2-21-5-7-22(8-6-21)11-12(10-19)16(23)20-13-3-4-14(17)15(18)9-13/h3-4,9,11H,2,5-8H2,1H3,(H,20,23)/b12-11-. The van der Waals surface area contributed by atoms with Crippen LogP contribution in [0.1, 0.15) is 6.92 Å². The van der Waals surface area contributed by atoms with Gasteiger partial charge in [0.15, 0.2) is 0 Å². The van der Waals surface area contributed by atoms with Crippen LogP contribution in [0.25, 0.3) is 0 Å². The normalized spacial score (nSPS) is 16.1. The zero-order valence-electron chi connectivity index (χ0n) is 12.9. The molecule has 0 saturated carbocycles. The lowest BCUT2D eigenvalue weighted by Crippen LogP contribution is -2.44. The summed E-state index contributed by atoms with van der Waals surface area (Å²) in [6.45, 7) is 6.61. The molecule has 1 aliphatic heterocycles. The Labute approximate surface area is 146 Å². The van der Waals surface area contributed by atoms with Crippen LogP contribution in [0, 0.1) is 11.3 Å². The first-order valence-corrected chi connectivity index (χ1v) is 8.13. The van der Waals surface area contributed by atoms with E-state index in [0.29, 0.717) is 15.7 Å². The van der Waals surface area contributed by atoms with Gasteiger partial charge < -0.3 is 15.1 Å². The van der Waals surface area contributed by atoms with Gasteiger partial charge in [-0.3, -0.25) is 4.79 Å². The molecule has 0 atom stereocenters. The van der Waals surface area contributed by atoms with Crippen molar-refractivity contribution in [2.45, 2.75) is 6.92 Å². The lowest BCUT2D eigenvalue weighted by atomic mass is 10.2. The summed E-state index contributed by atoms with van der Waals surface area (Å²) in [5, 5.41) is 12.7. The molecule has 2 rings (SSSR count). The zero-order valence-corrected chi connectivity index (χ0v) is 14.4. The van der Waals surface area contributed by atoms with Gasteiger partial charge in [0.25, 0.3) is 5.91 Å². The number of hydrogen-bond donors (Lipinski definition) is 1. The molecule has 0 unspecified atom stereocenters. The van der Waals surface area contributed by atoms with E-state index in [2.05, 4.69) is 17.1 Å². The van der Waals surface area contributed by atoms with Crippen molar-refractivity contribution in [3.63, 3.8) is 0 Å². The van der Waals surface area contributed by atoms with Gasteiger partial charge in [0, 0.05) is 38.1 Å². The highest BCUT2D eigenvalue weighted by atomic mass is 35.5. The number of hydrogen-bond acceptors (Lipinski definition) is 4. The molecule has 0 bridgehead atoms. The monoisotopic (exact) mass is 352 g/mol. The number of amides is 1. The van der Waals surface area contributed by atoms with E-state index in [1.165, 1.54) is 0 Å². The van der Waals surface area contributed by atoms with Crippen LogP contribution in [0.15, 0.2) is 30.0 Å². The van der Waals surface area contributed by atoms with Gasteiger partial charge in [0.05, 0.1) is 10.0 Å². The number of rotatable bonds is 4. The summed E-state index contributed by atoms with van der Waals surface area (Å²) in [7, 11) is 0. The van der Waals surface area contributed by atoms with E-state index in [1.807, 2.05) is 11.0 Å². The molecule has 5 nitrogen and oxygen atoms in total. The Morgan fingerprint density at radius 3 is 2.57 bits per heavy atom. The molecule has 23 heavy (non-hydrogen) atoms. The summed E-state index contributed by atoms with van der Waals surface area (Å²) in [6, 6.07) is 6.74. The minimum absolute atomic E-state index is 0.0704. The van der Waals surface area contributed by atoms with Gasteiger partial charge in [-0.05, 0) is 24.7 Å². The van der Waals surface area contributed by atoms with E-state index in [0.717, 1.165) is 32.7 Å². The molecule has 7 heteroatoms. The third kappa shape index (κ3) is 4.87. The number of carbonyl (C=O) groups is 1. The first-order valence-electron chi connectivity index (χ1n) is 7.38. The molecule has 1 saturated heterocycles. The Morgan fingerprint density at radius 1 is 1.30 bits per heavy atom. The Bertz CT molecular complexity index is 646. The van der Waals surface area contributed by atoms with Crippen LogP contribution >= 0.6 is 23.2 Å². The molecule has 1 amide bonds. The van der Waals surface area contributed by atoms with Gasteiger partial charge in [-0.15, -0.1) is 0 Å². The van der Waals surface area contributed by atoms with E-state index in [9.17, 15) is 10.1 Å². The number of piperazine rings is 1. The molecule has 1 aromatic rings. The Morgan fingerprint density at radius 2 is 2.00 bits per heavy atom. The highest BCUT2D eigenvalue weighted by Gasteiger charge is 2.16. The SMILES string of the molecule is CCN1CCN(/C=C(/C#N)C(=O)Nc2ccc(Cl)c(Cl)c2)CC1. The molecular formula is C16H18Cl2N4O. The van der Waals surface area contributed by atoms with Crippen molar-refractivity contribution in [3.8, 4) is 6.07 Å². The third-order valence-electron chi connectivity index (χ3n) is 3.71. The van der Waals surface area contributed by atoms with E-state index in [4.69, 9.17) is 23.2 Å². The second-order valence-electron chi connectivity index (χ2n) is 5.21. The van der Waals surface area contributed by atoms with Crippen molar-refractivity contribution >= 4 is 34.8 Å². The Kier molecular flexibility index (Phi) is 6.28. The molecule has 1 N–H and O–H groups in total. The molecule has 0 radical (unpaired) electrons. The molecule has 1 aliphatic rings. The topological polar surface area (TPSA) is 59.4 Å². The van der Waals surface area contributed by atoms with Crippen molar-refractivity contribution in [2.24, 2.45) is 0 Å². The molecule has 1 heterocycles. The summed E-state index contributed by atoms with van der Waals surface area (Å²) in [6.07, 6.45) is 1.62. The summed E-state index contributed by atoms with van der Waals surface area (Å²) in [5.41, 5.74) is 0.572. The molecule has 1 fully saturated rings. The maximum atomic E-state index is 12.2. The summed E-state index contributed by atoms with van der Waals surface area (Å²) in [5.74, 6) is -0.455. The number of anilines is 1. The summed E-state index contributed by atoms with van der Waals surface area (Å²) >= 11 is 11.8. The van der Waals surface area contributed by atoms with E-state index < -0.39 is 5.91 Å². The predicted molar refractivity (Wildman–Crippen MR) is 92.5 cm³/mol. The molecule has 1 aromatic carbocycles. The number of nitrogens with one attached hydrogen (secondary N) is 1. The maximum absolute atomic E-state index is 12.2. The van der Waals surface area contributed by atoms with Crippen LogP contribution in [0.4, 0.5) is 5.69 Å². The lowest BCUT2D eigenvalue weighted by molar-refractivity contribution is -0.112. The smallest absolute Gasteiger partial charge is 0.267 e. The van der Waals surface area contributed by atoms with Gasteiger partial charge in [0.2, 0.25) is 0 Å². The molecule has 0 spiro atoms. The number of carbonyl (C=O) groups excluding carboxylic acids is 1. The van der Waals surface area contributed by atoms with Gasteiger partial charge in [-0.25, -0.2) is 0 Å². The number of nitriles is 1. The van der Waals surface area contributed by atoms with Gasteiger partial charge in [-0.1, -0.05) is 30.1 Å². The van der Waals surface area contributed by atoms with E-state index in [-0.39, 0.29) is 5.57 Å². The van der Waals surface area contributed by atoms with Crippen LogP contribution < -0.4 is 5.32 Å². The number of likely N-dealkylation sites (N-methyl/N-ethyl adjacent to an activating group) is 1. The van der Waals surface area contributed by atoms with Crippen molar-refractivity contribution < 1.29 is 4.79 Å². The first-order chi connectivity index (χ1) is 11.0. The number of halogens is 2. The van der Waals surface area contributed by atoms with Crippen LogP contribution in [-0.2, 0) is 4.79 Å². The Hall–Kier alpha value is -1.74. The van der Waals surface area contributed by atoms with Crippen LogP contribution in [0.2, 0.25) is 10.0 Å². The fourth-order valence-corrected chi connectivity index (χ4v) is 2.60. The predicted octanol–water partition coefficient (Wildman–Crippen LogP) is 2.98. The number of benzene rings is 1. The largest absolute Gasteiger partial charge is 0.374 e. The lowest BCUT2D eigenvalue weighted by Gasteiger charge is -2.33. The second-order valence-corrected chi connectivity index (χ2v) is 6.02. The maximum Gasteiger partial charge on any atom is 0.267 e. The van der Waals surface area contributed by atoms with Gasteiger partial charge in [-0.2, -0.15) is 5.26 Å². The van der Waals surface area contributed by atoms with Crippen molar-refractivity contribution in [1.82, 2.24) is 9.80 Å². The minimum atomic E-state index is -0.455. The quantitative estimate of drug-likeness (QED) is 0.668. The van der Waals surface area contributed by atoms with Crippen molar-refractivity contribution in [2.75, 3.05) is 38.0 Å². The average Bonchev–Trinajstić information content (AvgIpc) is 2.56. The highest BCUT2D eigenvalue weighted by Crippen LogP contribution is 2.25. The van der Waals surface area contributed by atoms with Gasteiger partial charge >= 0.3 is 0 Å². The molecule has 122 valence electrons. The van der Waals surface area contributed by atoms with Gasteiger partial charge in [0.1, 0.15) is 11.6 Å². The highest BCUT2D eigenvalue weighted by molar-refractivity contribution is 6.42. The summed E-state index contributed by atoms with van der Waals surface area (Å²) < 4.78 is 0. The minimum Gasteiger partial charge on any atom is -0.374 e. The van der Waals surface area contributed by atoms with Crippen LogP contribution in [0.5, 0.6) is 0 Å². The fraction of sp³-hybridized carbons (Fsp3) is 0.375. The second kappa shape index (κ2) is 8.21. The van der Waals surface area contributed by atoms with Crippen molar-refractivity contribution in [1.29, 1.82) is 5.26 Å². The third-order valence-corrected chi connectivity index (χ3v) is 4.45. The fourth-order valence-electron chi connectivity index (χ4n) is 2.30. The van der Waals surface area contributed by atoms with Crippen LogP contribution in [0.3, 0.4) is 0 Å². The summed E-state index contributed by atoms with van der Waals surface area (Å²) in [4.78, 5) is 16.5. The zero-order chi connectivity index (χ0) is 16.8. The van der Waals surface area contributed by atoms with E-state index in [1.54, 1.807) is 24.4 Å². The molecule has 0 aromatic heterocycles. The van der Waals surface area contributed by atoms with E-state index >= 15 is 0 Å². The average molecular weight is 353 g/mol. The molecular weight excluding hydrogens is 335 g/mol. The first kappa shape index (κ1) is 17.6.